The van der Waals surface area contributed by atoms with Gasteiger partial charge < -0.3 is 9.84 Å². The number of carbonyl (C=O) groups excluding carboxylic acids is 1. The molecular weight excluding hydrogens is 408 g/mol. The standard InChI is InChI=1S/C30H42O3/c1-8-29(32,9-2)19-18-25-13-16-27(21-23(25)6)30(10-3,11-4)26-15-12-24(22(5)20-26)14-17-28(31)33-7/h12-13,15-16,18-21,32H,8-11,14,17H2,1-7H3. The predicted molar refractivity (Wildman–Crippen MR) is 139 cm³/mol. The monoisotopic (exact) mass is 450 g/mol. The fourth-order valence-electron chi connectivity index (χ4n) is 4.74. The van der Waals surface area contributed by atoms with Gasteiger partial charge in [0.1, 0.15) is 0 Å². The van der Waals surface area contributed by atoms with Crippen molar-refractivity contribution in [3.8, 4) is 0 Å². The zero-order valence-corrected chi connectivity index (χ0v) is 21.6. The smallest absolute Gasteiger partial charge is 0.305 e. The average molecular weight is 451 g/mol. The Hall–Kier alpha value is -2.39. The largest absolute Gasteiger partial charge is 0.469 e. The predicted octanol–water partition coefficient (Wildman–Crippen LogP) is 7.08. The number of rotatable bonds is 11. The van der Waals surface area contributed by atoms with Crippen LogP contribution in [0.1, 0.15) is 93.2 Å². The van der Waals surface area contributed by atoms with E-state index in [0.29, 0.717) is 25.7 Å². The number of hydrogen-bond acceptors (Lipinski definition) is 3. The lowest BCUT2D eigenvalue weighted by atomic mass is 9.69. The second kappa shape index (κ2) is 11.7. The topological polar surface area (TPSA) is 46.5 Å². The number of aryl methyl sites for hydroxylation is 3. The molecule has 0 radical (unpaired) electrons. The van der Waals surface area contributed by atoms with Gasteiger partial charge in [0.15, 0.2) is 0 Å². The van der Waals surface area contributed by atoms with Crippen LogP contribution in [0.15, 0.2) is 42.5 Å². The van der Waals surface area contributed by atoms with E-state index in [9.17, 15) is 9.90 Å². The molecule has 1 N–H and O–H groups in total. The number of methoxy groups -OCH3 is 1. The molecule has 0 aliphatic carbocycles. The van der Waals surface area contributed by atoms with Crippen molar-refractivity contribution in [3.05, 3.63) is 75.9 Å². The van der Waals surface area contributed by atoms with Crippen LogP contribution in [0.3, 0.4) is 0 Å². The van der Waals surface area contributed by atoms with E-state index in [-0.39, 0.29) is 11.4 Å². The summed E-state index contributed by atoms with van der Waals surface area (Å²) >= 11 is 0. The molecule has 0 spiro atoms. The average Bonchev–Trinajstić information content (AvgIpc) is 2.83. The molecule has 0 fully saturated rings. The SMILES string of the molecule is CCC(O)(C=Cc1ccc(C(CC)(CC)c2ccc(CCC(=O)OC)c(C)c2)cc1C)CC. The summed E-state index contributed by atoms with van der Waals surface area (Å²) < 4.78 is 4.79. The van der Waals surface area contributed by atoms with Crippen molar-refractivity contribution in [2.75, 3.05) is 7.11 Å². The van der Waals surface area contributed by atoms with Gasteiger partial charge in [-0.25, -0.2) is 0 Å². The van der Waals surface area contributed by atoms with E-state index in [4.69, 9.17) is 4.74 Å². The third-order valence-corrected chi connectivity index (χ3v) is 7.55. The van der Waals surface area contributed by atoms with Gasteiger partial charge in [-0.15, -0.1) is 0 Å². The lowest BCUT2D eigenvalue weighted by Crippen LogP contribution is -2.26. The fraction of sp³-hybridized carbons (Fsp3) is 0.500. The maximum atomic E-state index is 11.6. The van der Waals surface area contributed by atoms with Gasteiger partial charge in [-0.05, 0) is 79.3 Å². The quantitative estimate of drug-likeness (QED) is 0.372. The van der Waals surface area contributed by atoms with Gasteiger partial charge in [-0.3, -0.25) is 4.79 Å². The van der Waals surface area contributed by atoms with E-state index in [1.807, 2.05) is 19.9 Å². The van der Waals surface area contributed by atoms with Crippen molar-refractivity contribution >= 4 is 12.0 Å². The second-order valence-corrected chi connectivity index (χ2v) is 9.22. The molecule has 0 bridgehead atoms. The molecule has 2 aromatic rings. The highest BCUT2D eigenvalue weighted by atomic mass is 16.5. The second-order valence-electron chi connectivity index (χ2n) is 9.22. The number of benzene rings is 2. The normalized spacial score (nSPS) is 12.4. The van der Waals surface area contributed by atoms with Crippen LogP contribution >= 0.6 is 0 Å². The highest BCUT2D eigenvalue weighted by Gasteiger charge is 2.31. The van der Waals surface area contributed by atoms with Gasteiger partial charge in [0.05, 0.1) is 12.7 Å². The molecule has 0 heterocycles. The van der Waals surface area contributed by atoms with E-state index in [1.165, 1.54) is 34.9 Å². The van der Waals surface area contributed by atoms with E-state index >= 15 is 0 Å². The lowest BCUT2D eigenvalue weighted by Gasteiger charge is -2.34. The van der Waals surface area contributed by atoms with Crippen LogP contribution in [-0.2, 0) is 21.4 Å². The highest BCUT2D eigenvalue weighted by molar-refractivity contribution is 5.69. The van der Waals surface area contributed by atoms with Crippen LogP contribution in [0.2, 0.25) is 0 Å². The number of ether oxygens (including phenoxy) is 1. The lowest BCUT2D eigenvalue weighted by molar-refractivity contribution is -0.140. The molecular formula is C30H42O3. The molecule has 2 aromatic carbocycles. The molecule has 0 aliphatic heterocycles. The van der Waals surface area contributed by atoms with Crippen molar-refractivity contribution in [1.82, 2.24) is 0 Å². The maximum absolute atomic E-state index is 11.6. The first-order valence-electron chi connectivity index (χ1n) is 12.4. The molecule has 0 saturated carbocycles. The first kappa shape index (κ1) is 26.9. The summed E-state index contributed by atoms with van der Waals surface area (Å²) in [5.41, 5.74) is 6.62. The van der Waals surface area contributed by atoms with Gasteiger partial charge in [0.2, 0.25) is 0 Å². The Labute approximate surface area is 200 Å². The van der Waals surface area contributed by atoms with Gasteiger partial charge in [-0.1, -0.05) is 76.2 Å². The number of carbonyl (C=O) groups is 1. The van der Waals surface area contributed by atoms with E-state index in [2.05, 4.69) is 70.2 Å². The first-order valence-corrected chi connectivity index (χ1v) is 12.4. The fourth-order valence-corrected chi connectivity index (χ4v) is 4.74. The molecule has 0 atom stereocenters. The third-order valence-electron chi connectivity index (χ3n) is 7.55. The van der Waals surface area contributed by atoms with Crippen molar-refractivity contribution in [2.45, 2.75) is 91.1 Å². The van der Waals surface area contributed by atoms with Gasteiger partial charge in [0, 0.05) is 11.8 Å². The van der Waals surface area contributed by atoms with Crippen molar-refractivity contribution in [1.29, 1.82) is 0 Å². The maximum Gasteiger partial charge on any atom is 0.305 e. The van der Waals surface area contributed by atoms with Crippen LogP contribution in [0.5, 0.6) is 0 Å². The summed E-state index contributed by atoms with van der Waals surface area (Å²) in [6.45, 7) is 12.8. The first-order chi connectivity index (χ1) is 15.7. The number of hydrogen-bond donors (Lipinski definition) is 1. The molecule has 33 heavy (non-hydrogen) atoms. The summed E-state index contributed by atoms with van der Waals surface area (Å²) in [6, 6.07) is 13.4. The zero-order valence-electron chi connectivity index (χ0n) is 21.6. The molecule has 0 unspecified atom stereocenters. The summed E-state index contributed by atoms with van der Waals surface area (Å²) in [7, 11) is 1.44. The molecule has 0 saturated heterocycles. The summed E-state index contributed by atoms with van der Waals surface area (Å²) in [4.78, 5) is 11.6. The van der Waals surface area contributed by atoms with E-state index in [1.54, 1.807) is 0 Å². The molecule has 0 amide bonds. The van der Waals surface area contributed by atoms with Crippen LogP contribution in [0.25, 0.3) is 6.08 Å². The van der Waals surface area contributed by atoms with E-state index in [0.717, 1.165) is 18.4 Å². The van der Waals surface area contributed by atoms with Crippen molar-refractivity contribution in [2.24, 2.45) is 0 Å². The van der Waals surface area contributed by atoms with Crippen molar-refractivity contribution in [3.63, 3.8) is 0 Å². The van der Waals surface area contributed by atoms with Gasteiger partial charge >= 0.3 is 5.97 Å². The Bertz CT molecular complexity index is 963. The zero-order chi connectivity index (χ0) is 24.6. The van der Waals surface area contributed by atoms with Crippen molar-refractivity contribution < 1.29 is 14.6 Å². The van der Waals surface area contributed by atoms with Crippen LogP contribution in [-0.4, -0.2) is 23.8 Å². The molecule has 0 aliphatic rings. The Balaban J connectivity index is 2.41. The molecule has 0 aromatic heterocycles. The van der Waals surface area contributed by atoms with Gasteiger partial charge in [0.25, 0.3) is 0 Å². The minimum Gasteiger partial charge on any atom is -0.469 e. The van der Waals surface area contributed by atoms with Crippen LogP contribution in [0.4, 0.5) is 0 Å². The Kier molecular flexibility index (Phi) is 9.48. The third kappa shape index (κ3) is 6.14. The molecule has 3 nitrogen and oxygen atoms in total. The number of esters is 1. The molecule has 180 valence electrons. The van der Waals surface area contributed by atoms with Gasteiger partial charge in [-0.2, -0.15) is 0 Å². The summed E-state index contributed by atoms with van der Waals surface area (Å²) in [5.74, 6) is -0.170. The van der Waals surface area contributed by atoms with Crippen LogP contribution in [0, 0.1) is 13.8 Å². The minimum atomic E-state index is -0.741. The Morgan fingerprint density at radius 3 is 1.97 bits per heavy atom. The molecule has 3 heteroatoms. The minimum absolute atomic E-state index is 0.0633. The summed E-state index contributed by atoms with van der Waals surface area (Å²) in [5, 5.41) is 10.6. The highest BCUT2D eigenvalue weighted by Crippen LogP contribution is 2.40. The Morgan fingerprint density at radius 2 is 1.48 bits per heavy atom. The van der Waals surface area contributed by atoms with Crippen LogP contribution < -0.4 is 0 Å². The summed E-state index contributed by atoms with van der Waals surface area (Å²) in [6.07, 6.45) is 8.54. The van der Waals surface area contributed by atoms with E-state index < -0.39 is 5.60 Å². The Morgan fingerprint density at radius 1 is 0.909 bits per heavy atom. The molecule has 2 rings (SSSR count). The number of aliphatic hydroxyl groups is 1.